The number of alkyl halides is 3. The molecule has 1 atom stereocenters. The van der Waals surface area contributed by atoms with Gasteiger partial charge in [0.1, 0.15) is 12.9 Å². The molecule has 4 aromatic rings. The number of aromatic nitrogens is 2. The molecule has 0 aliphatic heterocycles. The molecule has 3 aromatic carbocycles. The van der Waals surface area contributed by atoms with E-state index in [2.05, 4.69) is 15.6 Å². The highest BCUT2D eigenvalue weighted by molar-refractivity contribution is 5.90. The normalized spacial score (nSPS) is 12.2. The van der Waals surface area contributed by atoms with Crippen LogP contribution in [0.5, 0.6) is 0 Å². The maximum atomic E-state index is 12.3. The molecule has 36 heavy (non-hydrogen) atoms. The first-order valence-electron chi connectivity index (χ1n) is 11.2. The van der Waals surface area contributed by atoms with E-state index in [1.54, 1.807) is 43.0 Å². The van der Waals surface area contributed by atoms with Crippen LogP contribution < -0.4 is 16.0 Å². The fraction of sp³-hybridized carbons (Fsp3) is 0.192. The maximum Gasteiger partial charge on any atom is 0.405 e. The van der Waals surface area contributed by atoms with Gasteiger partial charge in [0.15, 0.2) is 0 Å². The van der Waals surface area contributed by atoms with E-state index in [0.29, 0.717) is 11.4 Å². The van der Waals surface area contributed by atoms with Crippen molar-refractivity contribution in [3.8, 4) is 16.8 Å². The summed E-state index contributed by atoms with van der Waals surface area (Å²) in [6, 6.07) is 19.4. The summed E-state index contributed by atoms with van der Waals surface area (Å²) in [6.07, 6.45) is -2.84. The number of carbonyl (C=O) groups is 2. The fourth-order valence-electron chi connectivity index (χ4n) is 3.82. The number of nitrogens with zero attached hydrogens (tertiary/aromatic N) is 2. The molecule has 1 aromatic heterocycles. The first-order chi connectivity index (χ1) is 17.1. The summed E-state index contributed by atoms with van der Waals surface area (Å²) in [5.74, 6) is -0.292. The number of imidazole rings is 1. The standard InChI is InChI=1S/C26H24F3N5O2/c1-16(24(35)30-2)17-6-8-18(9-7-17)19-10-11-23-22(12-19)32-15-34(23)21-5-3-4-20(13-21)33-25(36)31-14-26(27,28)29/h3-13,15-16H,14H2,1-2H3,(H,30,35)(H2,31,33,36). The topological polar surface area (TPSA) is 88.1 Å². The Morgan fingerprint density at radius 2 is 1.72 bits per heavy atom. The number of rotatable bonds is 6. The van der Waals surface area contributed by atoms with Gasteiger partial charge in [-0.05, 0) is 53.9 Å². The highest BCUT2D eigenvalue weighted by atomic mass is 19.4. The van der Waals surface area contributed by atoms with Gasteiger partial charge < -0.3 is 16.0 Å². The second-order valence-electron chi connectivity index (χ2n) is 8.25. The van der Waals surface area contributed by atoms with Gasteiger partial charge in [0, 0.05) is 18.4 Å². The summed E-state index contributed by atoms with van der Waals surface area (Å²) in [7, 11) is 1.61. The summed E-state index contributed by atoms with van der Waals surface area (Å²) in [6.45, 7) is 0.439. The molecule has 1 heterocycles. The molecule has 0 radical (unpaired) electrons. The van der Waals surface area contributed by atoms with E-state index in [9.17, 15) is 22.8 Å². The summed E-state index contributed by atoms with van der Waals surface area (Å²) in [4.78, 5) is 28.2. The van der Waals surface area contributed by atoms with Gasteiger partial charge in [-0.3, -0.25) is 9.36 Å². The van der Waals surface area contributed by atoms with Crippen molar-refractivity contribution in [2.24, 2.45) is 0 Å². The quantitative estimate of drug-likeness (QED) is 0.343. The predicted octanol–water partition coefficient (Wildman–Crippen LogP) is 5.23. The average Bonchev–Trinajstić information content (AvgIpc) is 3.30. The molecular formula is C26H24F3N5O2. The summed E-state index contributed by atoms with van der Waals surface area (Å²) in [5.41, 5.74) is 5.46. The van der Waals surface area contributed by atoms with E-state index in [4.69, 9.17) is 0 Å². The number of benzene rings is 3. The van der Waals surface area contributed by atoms with Crippen LogP contribution in [0.2, 0.25) is 0 Å². The Morgan fingerprint density at radius 1 is 1.00 bits per heavy atom. The third-order valence-electron chi connectivity index (χ3n) is 5.76. The number of likely N-dealkylation sites (N-methyl/N-ethyl adjacent to an activating group) is 1. The van der Waals surface area contributed by atoms with Gasteiger partial charge in [0.2, 0.25) is 5.91 Å². The van der Waals surface area contributed by atoms with Crippen LogP contribution >= 0.6 is 0 Å². The molecule has 0 bridgehead atoms. The molecule has 0 fully saturated rings. The van der Waals surface area contributed by atoms with Crippen LogP contribution in [0.1, 0.15) is 18.4 Å². The van der Waals surface area contributed by atoms with E-state index in [-0.39, 0.29) is 11.8 Å². The second kappa shape index (κ2) is 10.1. The van der Waals surface area contributed by atoms with Crippen molar-refractivity contribution in [2.75, 3.05) is 18.9 Å². The first kappa shape index (κ1) is 24.8. The molecule has 10 heteroatoms. The molecule has 7 nitrogen and oxygen atoms in total. The molecule has 0 aliphatic rings. The Morgan fingerprint density at radius 3 is 2.42 bits per heavy atom. The van der Waals surface area contributed by atoms with E-state index in [1.807, 2.05) is 54.0 Å². The van der Waals surface area contributed by atoms with Gasteiger partial charge in [-0.25, -0.2) is 9.78 Å². The molecule has 0 saturated heterocycles. The predicted molar refractivity (Wildman–Crippen MR) is 132 cm³/mol. The van der Waals surface area contributed by atoms with Crippen LogP contribution in [-0.2, 0) is 4.79 Å². The zero-order valence-corrected chi connectivity index (χ0v) is 19.6. The number of hydrogen-bond donors (Lipinski definition) is 3. The lowest BCUT2D eigenvalue weighted by atomic mass is 9.97. The minimum absolute atomic E-state index is 0.0454. The zero-order chi connectivity index (χ0) is 25.9. The Balaban J connectivity index is 1.53. The highest BCUT2D eigenvalue weighted by Gasteiger charge is 2.27. The van der Waals surface area contributed by atoms with Crippen LogP contribution in [0, 0.1) is 0 Å². The number of anilines is 1. The third-order valence-corrected chi connectivity index (χ3v) is 5.76. The van der Waals surface area contributed by atoms with Crippen molar-refractivity contribution >= 4 is 28.7 Å². The summed E-state index contributed by atoms with van der Waals surface area (Å²) >= 11 is 0. The lowest BCUT2D eigenvalue weighted by Crippen LogP contribution is -2.36. The molecule has 186 valence electrons. The number of amides is 3. The van der Waals surface area contributed by atoms with Crippen LogP contribution in [-0.4, -0.2) is 41.3 Å². The van der Waals surface area contributed by atoms with Gasteiger partial charge in [0.25, 0.3) is 0 Å². The van der Waals surface area contributed by atoms with Crippen molar-refractivity contribution in [3.05, 3.63) is 78.6 Å². The Hall–Kier alpha value is -4.34. The third kappa shape index (κ3) is 5.65. The smallest absolute Gasteiger partial charge is 0.359 e. The first-order valence-corrected chi connectivity index (χ1v) is 11.2. The van der Waals surface area contributed by atoms with Gasteiger partial charge in [0.05, 0.1) is 17.0 Å². The van der Waals surface area contributed by atoms with Crippen molar-refractivity contribution in [1.82, 2.24) is 20.2 Å². The van der Waals surface area contributed by atoms with Crippen molar-refractivity contribution in [3.63, 3.8) is 0 Å². The second-order valence-corrected chi connectivity index (χ2v) is 8.25. The fourth-order valence-corrected chi connectivity index (χ4v) is 3.82. The van der Waals surface area contributed by atoms with E-state index < -0.39 is 18.8 Å². The molecule has 0 spiro atoms. The Labute approximate surface area is 205 Å². The Kier molecular flexibility index (Phi) is 6.96. The minimum Gasteiger partial charge on any atom is -0.359 e. The molecule has 3 N–H and O–H groups in total. The van der Waals surface area contributed by atoms with Crippen LogP contribution in [0.25, 0.3) is 27.8 Å². The molecule has 0 saturated carbocycles. The monoisotopic (exact) mass is 495 g/mol. The van der Waals surface area contributed by atoms with E-state index in [1.165, 1.54) is 0 Å². The lowest BCUT2D eigenvalue weighted by molar-refractivity contribution is -0.123. The van der Waals surface area contributed by atoms with Crippen molar-refractivity contribution in [2.45, 2.75) is 19.0 Å². The van der Waals surface area contributed by atoms with Crippen molar-refractivity contribution in [1.29, 1.82) is 0 Å². The Bertz CT molecular complexity index is 1400. The largest absolute Gasteiger partial charge is 0.405 e. The highest BCUT2D eigenvalue weighted by Crippen LogP contribution is 2.28. The molecule has 1 unspecified atom stereocenters. The van der Waals surface area contributed by atoms with Gasteiger partial charge in [-0.15, -0.1) is 0 Å². The minimum atomic E-state index is -4.49. The number of carbonyl (C=O) groups excluding carboxylic acids is 2. The molecule has 0 aliphatic carbocycles. The van der Waals surface area contributed by atoms with Crippen LogP contribution in [0.15, 0.2) is 73.1 Å². The molecular weight excluding hydrogens is 471 g/mol. The number of urea groups is 1. The SMILES string of the molecule is CNC(=O)C(C)c1ccc(-c2ccc3c(c2)ncn3-c2cccc(NC(=O)NCC(F)(F)F)c2)cc1. The zero-order valence-electron chi connectivity index (χ0n) is 19.6. The van der Waals surface area contributed by atoms with Gasteiger partial charge in [-0.1, -0.05) is 36.4 Å². The van der Waals surface area contributed by atoms with E-state index in [0.717, 1.165) is 27.7 Å². The molecule has 4 rings (SSSR count). The number of fused-ring (bicyclic) bond motifs is 1. The van der Waals surface area contributed by atoms with Gasteiger partial charge >= 0.3 is 12.2 Å². The lowest BCUT2D eigenvalue weighted by Gasteiger charge is -2.12. The average molecular weight is 496 g/mol. The molecule has 3 amide bonds. The van der Waals surface area contributed by atoms with Crippen LogP contribution in [0.4, 0.5) is 23.7 Å². The van der Waals surface area contributed by atoms with Crippen LogP contribution in [0.3, 0.4) is 0 Å². The number of hydrogen-bond acceptors (Lipinski definition) is 3. The maximum absolute atomic E-state index is 12.3. The van der Waals surface area contributed by atoms with E-state index >= 15 is 0 Å². The summed E-state index contributed by atoms with van der Waals surface area (Å²) in [5, 5.41) is 6.85. The van der Waals surface area contributed by atoms with Crippen molar-refractivity contribution < 1.29 is 22.8 Å². The number of nitrogens with one attached hydrogen (secondary N) is 3. The number of halogens is 3. The summed E-state index contributed by atoms with van der Waals surface area (Å²) < 4.78 is 38.8. The van der Waals surface area contributed by atoms with Gasteiger partial charge in [-0.2, -0.15) is 13.2 Å².